The third-order valence-electron chi connectivity index (χ3n) is 3.90. The molecule has 1 fully saturated rings. The van der Waals surface area contributed by atoms with Gasteiger partial charge in [-0.05, 0) is 31.0 Å². The highest BCUT2D eigenvalue weighted by Crippen LogP contribution is 2.30. The van der Waals surface area contributed by atoms with E-state index < -0.39 is 23.1 Å². The van der Waals surface area contributed by atoms with Crippen molar-refractivity contribution < 1.29 is 28.6 Å². The van der Waals surface area contributed by atoms with Gasteiger partial charge in [0, 0.05) is 25.3 Å². The van der Waals surface area contributed by atoms with Crippen molar-refractivity contribution in [2.45, 2.75) is 12.8 Å². The molecule has 1 aromatic carbocycles. The second kappa shape index (κ2) is 6.74. The summed E-state index contributed by atoms with van der Waals surface area (Å²) in [7, 11) is 1.31. The van der Waals surface area contributed by atoms with Gasteiger partial charge in [0.25, 0.3) is 5.91 Å². The zero-order valence-corrected chi connectivity index (χ0v) is 12.2. The number of carboxylic acids is 1. The Kier molecular flexibility index (Phi) is 4.97. The minimum Gasteiger partial charge on any atom is -0.494 e. The van der Waals surface area contributed by atoms with E-state index in [1.807, 2.05) is 0 Å². The number of hydrogen-bond donors (Lipinski definition) is 2. The van der Waals surface area contributed by atoms with Gasteiger partial charge < -0.3 is 19.9 Å². The maximum absolute atomic E-state index is 13.3. The molecule has 0 aromatic heterocycles. The summed E-state index contributed by atoms with van der Waals surface area (Å²) < 4.78 is 23.3. The lowest BCUT2D eigenvalue weighted by Gasteiger charge is -2.33. The van der Waals surface area contributed by atoms with Crippen molar-refractivity contribution in [3.8, 4) is 5.75 Å². The smallest absolute Gasteiger partial charge is 0.311 e. The molecule has 7 heteroatoms. The molecule has 6 nitrogen and oxygen atoms in total. The predicted octanol–water partition coefficient (Wildman–Crippen LogP) is 1.45. The molecular formula is C15H18FNO5. The number of halogens is 1. The molecule has 0 unspecified atom stereocenters. The minimum absolute atomic E-state index is 0.00419. The van der Waals surface area contributed by atoms with Gasteiger partial charge >= 0.3 is 5.97 Å². The largest absolute Gasteiger partial charge is 0.494 e. The number of rotatable bonds is 5. The quantitative estimate of drug-likeness (QED) is 0.859. The molecule has 0 saturated carbocycles. The highest BCUT2D eigenvalue weighted by atomic mass is 19.1. The van der Waals surface area contributed by atoms with Crippen LogP contribution in [0.4, 0.5) is 4.39 Å². The molecule has 0 spiro atoms. The SMILES string of the molecule is COc1cc(C(=O)NCC2(C(=O)O)CCOCC2)ccc1F. The maximum Gasteiger partial charge on any atom is 0.311 e. The van der Waals surface area contributed by atoms with Gasteiger partial charge in [-0.25, -0.2) is 4.39 Å². The number of nitrogens with one attached hydrogen (secondary N) is 1. The van der Waals surface area contributed by atoms with Crippen LogP contribution in [0, 0.1) is 11.2 Å². The van der Waals surface area contributed by atoms with Crippen LogP contribution in [0.3, 0.4) is 0 Å². The highest BCUT2D eigenvalue weighted by Gasteiger charge is 2.40. The van der Waals surface area contributed by atoms with Crippen LogP contribution in [-0.4, -0.2) is 43.9 Å². The number of amides is 1. The number of hydrogen-bond acceptors (Lipinski definition) is 4. The molecule has 1 saturated heterocycles. The molecule has 1 aromatic rings. The molecule has 120 valence electrons. The molecule has 1 amide bonds. The topological polar surface area (TPSA) is 84.9 Å². The molecule has 0 radical (unpaired) electrons. The van der Waals surface area contributed by atoms with Crippen molar-refractivity contribution in [3.05, 3.63) is 29.6 Å². The number of benzene rings is 1. The Bertz CT molecular complexity index is 569. The van der Waals surface area contributed by atoms with E-state index in [9.17, 15) is 19.1 Å². The number of carboxylic acid groups (broad SMARTS) is 1. The van der Waals surface area contributed by atoms with Crippen LogP contribution in [-0.2, 0) is 9.53 Å². The molecule has 22 heavy (non-hydrogen) atoms. The van der Waals surface area contributed by atoms with Gasteiger partial charge in [-0.1, -0.05) is 0 Å². The highest BCUT2D eigenvalue weighted by molar-refractivity contribution is 5.95. The first-order valence-electron chi connectivity index (χ1n) is 6.91. The number of methoxy groups -OCH3 is 1. The van der Waals surface area contributed by atoms with E-state index in [0.717, 1.165) is 6.07 Å². The van der Waals surface area contributed by atoms with Gasteiger partial charge in [0.15, 0.2) is 11.6 Å². The summed E-state index contributed by atoms with van der Waals surface area (Å²) in [5.74, 6) is -2.02. The Morgan fingerprint density at radius 3 is 2.68 bits per heavy atom. The summed E-state index contributed by atoms with van der Waals surface area (Å²) in [5.41, 5.74) is -0.802. The third kappa shape index (κ3) is 3.36. The fourth-order valence-electron chi connectivity index (χ4n) is 2.38. The molecule has 1 aliphatic rings. The molecular weight excluding hydrogens is 293 g/mol. The first kappa shape index (κ1) is 16.2. The van der Waals surface area contributed by atoms with E-state index in [4.69, 9.17) is 9.47 Å². The lowest BCUT2D eigenvalue weighted by atomic mass is 9.80. The Labute approximate surface area is 127 Å². The number of carbonyl (C=O) groups is 2. The number of aliphatic carboxylic acids is 1. The first-order valence-corrected chi connectivity index (χ1v) is 6.91. The van der Waals surface area contributed by atoms with E-state index in [-0.39, 0.29) is 17.9 Å². The summed E-state index contributed by atoms with van der Waals surface area (Å²) >= 11 is 0. The van der Waals surface area contributed by atoms with Gasteiger partial charge in [0.2, 0.25) is 0 Å². The summed E-state index contributed by atoms with van der Waals surface area (Å²) in [6.07, 6.45) is 0.685. The summed E-state index contributed by atoms with van der Waals surface area (Å²) in [6.45, 7) is 0.712. The predicted molar refractivity (Wildman–Crippen MR) is 75.4 cm³/mol. The standard InChI is InChI=1S/C15H18FNO5/c1-21-12-8-10(2-3-11(12)16)13(18)17-9-15(14(19)20)4-6-22-7-5-15/h2-3,8H,4-7,9H2,1H3,(H,17,18)(H,19,20). The fourth-order valence-corrected chi connectivity index (χ4v) is 2.38. The number of carbonyl (C=O) groups excluding carboxylic acids is 1. The minimum atomic E-state index is -1.02. The van der Waals surface area contributed by atoms with Gasteiger partial charge in [-0.3, -0.25) is 9.59 Å². The van der Waals surface area contributed by atoms with Gasteiger partial charge in [0.05, 0.1) is 12.5 Å². The Hall–Kier alpha value is -2.15. The Morgan fingerprint density at radius 2 is 2.09 bits per heavy atom. The number of ether oxygens (including phenoxy) is 2. The van der Waals surface area contributed by atoms with E-state index in [2.05, 4.69) is 5.32 Å². The average Bonchev–Trinajstić information content (AvgIpc) is 2.53. The van der Waals surface area contributed by atoms with Crippen molar-refractivity contribution in [2.24, 2.45) is 5.41 Å². The maximum atomic E-state index is 13.3. The average molecular weight is 311 g/mol. The second-order valence-electron chi connectivity index (χ2n) is 5.23. The molecule has 0 bridgehead atoms. The van der Waals surface area contributed by atoms with Gasteiger partial charge in [-0.15, -0.1) is 0 Å². The lowest BCUT2D eigenvalue weighted by molar-refractivity contribution is -0.154. The zero-order valence-electron chi connectivity index (χ0n) is 12.2. The Morgan fingerprint density at radius 1 is 1.41 bits per heavy atom. The summed E-state index contributed by atoms with van der Waals surface area (Å²) in [5, 5.41) is 12.0. The Balaban J connectivity index is 2.06. The van der Waals surface area contributed by atoms with E-state index >= 15 is 0 Å². The van der Waals surface area contributed by atoms with Crippen LogP contribution in [0.15, 0.2) is 18.2 Å². The molecule has 0 atom stereocenters. The van der Waals surface area contributed by atoms with E-state index in [0.29, 0.717) is 26.1 Å². The van der Waals surface area contributed by atoms with Crippen molar-refractivity contribution in [1.29, 1.82) is 0 Å². The first-order chi connectivity index (χ1) is 10.5. The normalized spacial score (nSPS) is 16.8. The van der Waals surface area contributed by atoms with Crippen molar-refractivity contribution in [1.82, 2.24) is 5.32 Å². The van der Waals surface area contributed by atoms with Gasteiger partial charge in [-0.2, -0.15) is 0 Å². The van der Waals surface area contributed by atoms with Crippen LogP contribution in [0.5, 0.6) is 5.75 Å². The molecule has 2 N–H and O–H groups in total. The van der Waals surface area contributed by atoms with Crippen LogP contribution in [0.2, 0.25) is 0 Å². The summed E-state index contributed by atoms with van der Waals surface area (Å²) in [6, 6.07) is 3.74. The molecule has 2 rings (SSSR count). The third-order valence-corrected chi connectivity index (χ3v) is 3.90. The van der Waals surface area contributed by atoms with Crippen LogP contribution in [0.1, 0.15) is 23.2 Å². The molecule has 1 aliphatic heterocycles. The van der Waals surface area contributed by atoms with E-state index in [1.165, 1.54) is 19.2 Å². The second-order valence-corrected chi connectivity index (χ2v) is 5.23. The van der Waals surface area contributed by atoms with Crippen molar-refractivity contribution in [2.75, 3.05) is 26.9 Å². The molecule has 0 aliphatic carbocycles. The van der Waals surface area contributed by atoms with Crippen LogP contribution >= 0.6 is 0 Å². The lowest BCUT2D eigenvalue weighted by Crippen LogP contribution is -2.46. The monoisotopic (exact) mass is 311 g/mol. The van der Waals surface area contributed by atoms with E-state index in [1.54, 1.807) is 0 Å². The van der Waals surface area contributed by atoms with Crippen LogP contribution in [0.25, 0.3) is 0 Å². The fraction of sp³-hybridized carbons (Fsp3) is 0.467. The van der Waals surface area contributed by atoms with Gasteiger partial charge in [0.1, 0.15) is 0 Å². The van der Waals surface area contributed by atoms with Crippen LogP contribution < -0.4 is 10.1 Å². The van der Waals surface area contributed by atoms with Crippen molar-refractivity contribution in [3.63, 3.8) is 0 Å². The van der Waals surface area contributed by atoms with Crippen molar-refractivity contribution >= 4 is 11.9 Å². The molecule has 1 heterocycles. The zero-order chi connectivity index (χ0) is 16.2. The summed E-state index contributed by atoms with van der Waals surface area (Å²) in [4.78, 5) is 23.6.